The molecule has 0 radical (unpaired) electrons. The minimum Gasteiger partial charge on any atom is -0.361 e. The molecule has 120 valence electrons. The number of benzene rings is 1. The summed E-state index contributed by atoms with van der Waals surface area (Å²) in [5.41, 5.74) is 2.67. The minimum absolute atomic E-state index is 0.155. The quantitative estimate of drug-likeness (QED) is 0.568. The van der Waals surface area contributed by atoms with Crippen molar-refractivity contribution in [2.24, 2.45) is 0 Å². The van der Waals surface area contributed by atoms with E-state index >= 15 is 0 Å². The van der Waals surface area contributed by atoms with Crippen LogP contribution >= 0.6 is 22.7 Å². The molecule has 3 aromatic heterocycles. The third-order valence-corrected chi connectivity index (χ3v) is 5.68. The van der Waals surface area contributed by atoms with Gasteiger partial charge < -0.3 is 4.52 Å². The number of hydrogen-bond donors (Lipinski definition) is 1. The Morgan fingerprint density at radius 3 is 2.71 bits per heavy atom. The van der Waals surface area contributed by atoms with Gasteiger partial charge >= 0.3 is 0 Å². The van der Waals surface area contributed by atoms with E-state index in [-0.39, 0.29) is 5.91 Å². The summed E-state index contributed by atoms with van der Waals surface area (Å²) in [6.45, 7) is 3.77. The fraction of sp³-hybridized carbons (Fsp3) is 0.118. The van der Waals surface area contributed by atoms with Gasteiger partial charge in [0.15, 0.2) is 5.13 Å². The van der Waals surface area contributed by atoms with E-state index in [0.717, 1.165) is 32.1 Å². The number of nitrogens with zero attached hydrogens (tertiary/aromatic N) is 2. The maximum Gasteiger partial charge on any atom is 0.267 e. The first-order valence-corrected chi connectivity index (χ1v) is 8.95. The number of aryl methyl sites for hydroxylation is 2. The van der Waals surface area contributed by atoms with Crippen molar-refractivity contribution in [3.05, 3.63) is 52.7 Å². The third-order valence-electron chi connectivity index (χ3n) is 3.62. The molecule has 0 aliphatic carbocycles. The zero-order valence-corrected chi connectivity index (χ0v) is 14.6. The van der Waals surface area contributed by atoms with Gasteiger partial charge in [-0.3, -0.25) is 10.1 Å². The Morgan fingerprint density at radius 2 is 1.96 bits per heavy atom. The normalized spacial score (nSPS) is 11.1. The van der Waals surface area contributed by atoms with E-state index in [0.29, 0.717) is 10.0 Å². The number of carbonyl (C=O) groups excluding carboxylic acids is 1. The fourth-order valence-electron chi connectivity index (χ4n) is 2.51. The minimum atomic E-state index is -0.155. The van der Waals surface area contributed by atoms with E-state index in [9.17, 15) is 4.79 Å². The van der Waals surface area contributed by atoms with Crippen molar-refractivity contribution in [3.63, 3.8) is 0 Å². The summed E-state index contributed by atoms with van der Waals surface area (Å²) in [6.07, 6.45) is 0. The summed E-state index contributed by atoms with van der Waals surface area (Å²) < 4.78 is 6.25. The second-order valence-electron chi connectivity index (χ2n) is 5.30. The van der Waals surface area contributed by atoms with E-state index in [1.54, 1.807) is 0 Å². The van der Waals surface area contributed by atoms with Crippen LogP contribution < -0.4 is 5.32 Å². The van der Waals surface area contributed by atoms with Gasteiger partial charge in [0.1, 0.15) is 5.76 Å². The molecule has 4 rings (SSSR count). The highest BCUT2D eigenvalue weighted by molar-refractivity contribution is 7.22. The number of thiophene rings is 1. The first-order chi connectivity index (χ1) is 11.6. The van der Waals surface area contributed by atoms with Crippen LogP contribution in [0.3, 0.4) is 0 Å². The highest BCUT2D eigenvalue weighted by Crippen LogP contribution is 2.33. The summed E-state index contributed by atoms with van der Waals surface area (Å²) in [6, 6.07) is 11.6. The third kappa shape index (κ3) is 2.61. The molecule has 0 aliphatic rings. The molecule has 1 amide bonds. The second-order valence-corrected chi connectivity index (χ2v) is 7.42. The van der Waals surface area contributed by atoms with Gasteiger partial charge in [-0.1, -0.05) is 28.6 Å². The number of fused-ring (bicyclic) bond motifs is 1. The lowest BCUT2D eigenvalue weighted by molar-refractivity contribution is 0.103. The molecule has 4 aromatic rings. The average Bonchev–Trinajstić information content (AvgIpc) is 3.25. The van der Waals surface area contributed by atoms with Gasteiger partial charge in [0.2, 0.25) is 0 Å². The Hall–Kier alpha value is -2.51. The second kappa shape index (κ2) is 5.85. The highest BCUT2D eigenvalue weighted by atomic mass is 32.1. The number of amides is 1. The average molecular weight is 355 g/mol. The summed E-state index contributed by atoms with van der Waals surface area (Å²) in [7, 11) is 0. The van der Waals surface area contributed by atoms with Crippen LogP contribution in [0.4, 0.5) is 5.13 Å². The monoisotopic (exact) mass is 355 g/mol. The molecule has 0 bridgehead atoms. The van der Waals surface area contributed by atoms with E-state index < -0.39 is 0 Å². The topological polar surface area (TPSA) is 68.0 Å². The smallest absolute Gasteiger partial charge is 0.267 e. The highest BCUT2D eigenvalue weighted by Gasteiger charge is 2.17. The molecule has 0 fully saturated rings. The van der Waals surface area contributed by atoms with E-state index in [1.807, 2.05) is 50.2 Å². The maximum absolute atomic E-state index is 12.5. The molecular formula is C17H13N3O2S2. The molecule has 0 spiro atoms. The van der Waals surface area contributed by atoms with Gasteiger partial charge in [-0.15, -0.1) is 11.3 Å². The van der Waals surface area contributed by atoms with Crippen LogP contribution in [0.1, 0.15) is 21.1 Å². The summed E-state index contributed by atoms with van der Waals surface area (Å²) in [4.78, 5) is 18.5. The fourth-order valence-corrected chi connectivity index (χ4v) is 4.42. The molecule has 1 N–H and O–H groups in total. The molecule has 7 heteroatoms. The SMILES string of the molecule is Cc1noc(C)c1-c1ccc(C(=O)Nc2nc3ccccc3s2)s1. The Labute approximate surface area is 145 Å². The predicted molar refractivity (Wildman–Crippen MR) is 96.9 cm³/mol. The van der Waals surface area contributed by atoms with Crippen molar-refractivity contribution >= 4 is 43.9 Å². The van der Waals surface area contributed by atoms with Gasteiger partial charge in [0.05, 0.1) is 26.4 Å². The van der Waals surface area contributed by atoms with Gasteiger partial charge in [-0.2, -0.15) is 0 Å². The van der Waals surface area contributed by atoms with Crippen LogP contribution in [0.2, 0.25) is 0 Å². The zero-order valence-electron chi connectivity index (χ0n) is 13.0. The molecule has 0 saturated carbocycles. The van der Waals surface area contributed by atoms with Crippen molar-refractivity contribution in [2.45, 2.75) is 13.8 Å². The summed E-state index contributed by atoms with van der Waals surface area (Å²) >= 11 is 2.88. The lowest BCUT2D eigenvalue weighted by Crippen LogP contribution is -2.09. The van der Waals surface area contributed by atoms with Crippen LogP contribution in [0.25, 0.3) is 20.7 Å². The molecule has 1 aromatic carbocycles. The lowest BCUT2D eigenvalue weighted by Gasteiger charge is -1.98. The van der Waals surface area contributed by atoms with Gasteiger partial charge in [-0.25, -0.2) is 4.98 Å². The van der Waals surface area contributed by atoms with Crippen LogP contribution in [-0.4, -0.2) is 16.0 Å². The number of rotatable bonds is 3. The molecule has 3 heterocycles. The van der Waals surface area contributed by atoms with Crippen LogP contribution in [0, 0.1) is 13.8 Å². The van der Waals surface area contributed by atoms with Crippen molar-refractivity contribution < 1.29 is 9.32 Å². The first kappa shape index (κ1) is 15.0. The van der Waals surface area contributed by atoms with Crippen molar-refractivity contribution in [1.82, 2.24) is 10.1 Å². The van der Waals surface area contributed by atoms with Crippen LogP contribution in [-0.2, 0) is 0 Å². The Bertz CT molecular complexity index is 993. The van der Waals surface area contributed by atoms with Gasteiger partial charge in [-0.05, 0) is 38.1 Å². The Balaban J connectivity index is 1.59. The molecule has 24 heavy (non-hydrogen) atoms. The van der Waals surface area contributed by atoms with E-state index in [2.05, 4.69) is 15.5 Å². The molecule has 0 unspecified atom stereocenters. The molecule has 0 aliphatic heterocycles. The number of para-hydroxylation sites is 1. The van der Waals surface area contributed by atoms with Gasteiger partial charge in [0.25, 0.3) is 5.91 Å². The predicted octanol–water partition coefficient (Wildman–Crippen LogP) is 4.88. The van der Waals surface area contributed by atoms with Crippen molar-refractivity contribution in [2.75, 3.05) is 5.32 Å². The molecule has 5 nitrogen and oxygen atoms in total. The Morgan fingerprint density at radius 1 is 1.12 bits per heavy atom. The number of nitrogens with one attached hydrogen (secondary N) is 1. The van der Waals surface area contributed by atoms with Crippen molar-refractivity contribution in [3.8, 4) is 10.4 Å². The number of aromatic nitrogens is 2. The van der Waals surface area contributed by atoms with Crippen LogP contribution in [0.15, 0.2) is 40.9 Å². The standard InChI is InChI=1S/C17H13N3O2S2/c1-9-15(10(2)22-20-9)13-7-8-14(23-13)16(21)19-17-18-11-5-3-4-6-12(11)24-17/h3-8H,1-2H3,(H,18,19,21). The number of anilines is 1. The number of thiazole rings is 1. The largest absolute Gasteiger partial charge is 0.361 e. The summed E-state index contributed by atoms with van der Waals surface area (Å²) in [5.74, 6) is 0.601. The first-order valence-electron chi connectivity index (χ1n) is 7.32. The van der Waals surface area contributed by atoms with Crippen molar-refractivity contribution in [1.29, 1.82) is 0 Å². The molecular weight excluding hydrogens is 342 g/mol. The van der Waals surface area contributed by atoms with E-state index in [1.165, 1.54) is 22.7 Å². The summed E-state index contributed by atoms with van der Waals surface area (Å²) in [5, 5.41) is 7.44. The lowest BCUT2D eigenvalue weighted by atomic mass is 10.2. The number of carbonyl (C=O) groups is 1. The molecule has 0 atom stereocenters. The maximum atomic E-state index is 12.5. The molecule has 0 saturated heterocycles. The van der Waals surface area contributed by atoms with Gasteiger partial charge in [0, 0.05) is 4.88 Å². The van der Waals surface area contributed by atoms with E-state index in [4.69, 9.17) is 4.52 Å². The van der Waals surface area contributed by atoms with Crippen LogP contribution in [0.5, 0.6) is 0 Å². The Kier molecular flexibility index (Phi) is 3.66. The number of hydrogen-bond acceptors (Lipinski definition) is 6. The zero-order chi connectivity index (χ0) is 16.7.